The summed E-state index contributed by atoms with van der Waals surface area (Å²) in [5.74, 6) is -0.170. The van der Waals surface area contributed by atoms with Gasteiger partial charge in [0.05, 0.1) is 5.69 Å². The topological polar surface area (TPSA) is 29.9 Å². The van der Waals surface area contributed by atoms with Crippen LogP contribution in [0.15, 0.2) is 24.3 Å². The zero-order chi connectivity index (χ0) is 15.4. The van der Waals surface area contributed by atoms with Crippen LogP contribution < -0.4 is 5.32 Å². The third-order valence-corrected chi connectivity index (χ3v) is 3.92. The molecule has 1 unspecified atom stereocenters. The first-order valence-corrected chi connectivity index (χ1v) is 7.54. The fourth-order valence-corrected chi connectivity index (χ4v) is 2.87. The van der Waals surface area contributed by atoms with Crippen molar-refractivity contribution in [3.05, 3.63) is 52.6 Å². The second kappa shape index (κ2) is 6.85. The molecule has 3 nitrogen and oxygen atoms in total. The van der Waals surface area contributed by atoms with Crippen molar-refractivity contribution in [2.45, 2.75) is 46.7 Å². The molecule has 1 N–H and O–H groups in total. The molecule has 0 radical (unpaired) electrons. The van der Waals surface area contributed by atoms with Gasteiger partial charge < -0.3 is 5.32 Å². The number of aryl methyl sites for hydroxylation is 2. The number of hydrogen-bond acceptors (Lipinski definition) is 2. The summed E-state index contributed by atoms with van der Waals surface area (Å²) in [5, 5.41) is 8.06. The molecule has 21 heavy (non-hydrogen) atoms. The SMILES string of the molecule is CCn1nc(C)c(C(C)NCCc2cccc(F)c2)c1C. The minimum absolute atomic E-state index is 0.170. The fourth-order valence-electron chi connectivity index (χ4n) is 2.87. The molecule has 0 aliphatic rings. The smallest absolute Gasteiger partial charge is 0.123 e. The Kier molecular flexibility index (Phi) is 5.12. The van der Waals surface area contributed by atoms with Crippen molar-refractivity contribution in [1.82, 2.24) is 15.1 Å². The van der Waals surface area contributed by atoms with Gasteiger partial charge in [0.25, 0.3) is 0 Å². The third-order valence-electron chi connectivity index (χ3n) is 3.92. The lowest BCUT2D eigenvalue weighted by atomic mass is 10.1. The zero-order valence-electron chi connectivity index (χ0n) is 13.3. The Bertz CT molecular complexity index is 604. The van der Waals surface area contributed by atoms with Crippen molar-refractivity contribution < 1.29 is 4.39 Å². The van der Waals surface area contributed by atoms with Crippen molar-refractivity contribution in [3.8, 4) is 0 Å². The van der Waals surface area contributed by atoms with E-state index in [2.05, 4.69) is 38.1 Å². The Morgan fingerprint density at radius 1 is 1.33 bits per heavy atom. The summed E-state index contributed by atoms with van der Waals surface area (Å²) in [6.45, 7) is 10.1. The maximum Gasteiger partial charge on any atom is 0.123 e. The number of halogens is 1. The van der Waals surface area contributed by atoms with Gasteiger partial charge in [-0.3, -0.25) is 4.68 Å². The molecule has 1 aromatic carbocycles. The lowest BCUT2D eigenvalue weighted by molar-refractivity contribution is 0.567. The molecular formula is C17H24FN3. The second-order valence-corrected chi connectivity index (χ2v) is 5.46. The maximum atomic E-state index is 13.1. The largest absolute Gasteiger partial charge is 0.310 e. The van der Waals surface area contributed by atoms with Gasteiger partial charge in [-0.1, -0.05) is 12.1 Å². The van der Waals surface area contributed by atoms with Gasteiger partial charge >= 0.3 is 0 Å². The van der Waals surface area contributed by atoms with E-state index in [1.54, 1.807) is 12.1 Å². The van der Waals surface area contributed by atoms with E-state index in [0.29, 0.717) is 0 Å². The van der Waals surface area contributed by atoms with Gasteiger partial charge in [0.1, 0.15) is 5.82 Å². The van der Waals surface area contributed by atoms with Crippen molar-refractivity contribution in [3.63, 3.8) is 0 Å². The van der Waals surface area contributed by atoms with Crippen molar-refractivity contribution >= 4 is 0 Å². The van der Waals surface area contributed by atoms with Crippen molar-refractivity contribution in [2.75, 3.05) is 6.54 Å². The summed E-state index contributed by atoms with van der Waals surface area (Å²) < 4.78 is 15.2. The normalized spacial score (nSPS) is 12.6. The van der Waals surface area contributed by atoms with Gasteiger partial charge in [0, 0.05) is 23.8 Å². The zero-order valence-corrected chi connectivity index (χ0v) is 13.3. The molecule has 1 aromatic heterocycles. The standard InChI is InChI=1S/C17H24FN3/c1-5-21-14(4)17(13(3)20-21)12(2)19-10-9-15-7-6-8-16(18)11-15/h6-8,11-12,19H,5,9-10H2,1-4H3. The number of aromatic nitrogens is 2. The highest BCUT2D eigenvalue weighted by Gasteiger charge is 2.16. The molecule has 1 heterocycles. The van der Waals surface area contributed by atoms with Gasteiger partial charge in [0.2, 0.25) is 0 Å². The summed E-state index contributed by atoms with van der Waals surface area (Å²) in [6.07, 6.45) is 0.822. The van der Waals surface area contributed by atoms with E-state index in [0.717, 1.165) is 30.8 Å². The Morgan fingerprint density at radius 3 is 2.71 bits per heavy atom. The Balaban J connectivity index is 1.96. The molecule has 0 amide bonds. The van der Waals surface area contributed by atoms with Crippen LogP contribution in [0.25, 0.3) is 0 Å². The van der Waals surface area contributed by atoms with Crippen LogP contribution in [0.3, 0.4) is 0 Å². The molecule has 0 saturated carbocycles. The number of nitrogens with one attached hydrogen (secondary N) is 1. The van der Waals surface area contributed by atoms with Crippen LogP contribution in [-0.4, -0.2) is 16.3 Å². The number of benzene rings is 1. The van der Waals surface area contributed by atoms with Crippen LogP contribution in [0.4, 0.5) is 4.39 Å². The Morgan fingerprint density at radius 2 is 2.10 bits per heavy atom. The first kappa shape index (κ1) is 15.7. The average molecular weight is 289 g/mol. The first-order valence-electron chi connectivity index (χ1n) is 7.54. The van der Waals surface area contributed by atoms with Crippen molar-refractivity contribution in [2.24, 2.45) is 0 Å². The van der Waals surface area contributed by atoms with E-state index in [1.807, 2.05) is 10.7 Å². The molecule has 0 aliphatic heterocycles. The summed E-state index contributed by atoms with van der Waals surface area (Å²) in [4.78, 5) is 0. The van der Waals surface area contributed by atoms with Gasteiger partial charge in [-0.25, -0.2) is 4.39 Å². The first-order chi connectivity index (χ1) is 10.0. The molecule has 0 fully saturated rings. The van der Waals surface area contributed by atoms with Gasteiger partial charge in [-0.05, 0) is 58.4 Å². The summed E-state index contributed by atoms with van der Waals surface area (Å²) in [7, 11) is 0. The van der Waals surface area contributed by atoms with Crippen LogP contribution in [-0.2, 0) is 13.0 Å². The Labute approximate surface area is 126 Å². The third kappa shape index (κ3) is 3.70. The van der Waals surface area contributed by atoms with Crippen LogP contribution >= 0.6 is 0 Å². The van der Waals surface area contributed by atoms with E-state index >= 15 is 0 Å². The summed E-state index contributed by atoms with van der Waals surface area (Å²) in [5.41, 5.74) is 4.60. The number of rotatable bonds is 6. The maximum absolute atomic E-state index is 13.1. The highest BCUT2D eigenvalue weighted by atomic mass is 19.1. The molecule has 114 valence electrons. The van der Waals surface area contributed by atoms with Crippen LogP contribution in [0, 0.1) is 19.7 Å². The highest BCUT2D eigenvalue weighted by Crippen LogP contribution is 2.21. The Hall–Kier alpha value is -1.68. The minimum Gasteiger partial charge on any atom is -0.310 e. The molecule has 0 saturated heterocycles. The lowest BCUT2D eigenvalue weighted by Crippen LogP contribution is -2.22. The van der Waals surface area contributed by atoms with Crippen molar-refractivity contribution in [1.29, 1.82) is 0 Å². The quantitative estimate of drug-likeness (QED) is 0.881. The van der Waals surface area contributed by atoms with E-state index in [9.17, 15) is 4.39 Å². The fraction of sp³-hybridized carbons (Fsp3) is 0.471. The highest BCUT2D eigenvalue weighted by molar-refractivity contribution is 5.28. The summed E-state index contributed by atoms with van der Waals surface area (Å²) in [6, 6.07) is 7.04. The van der Waals surface area contributed by atoms with Gasteiger partial charge in [0.15, 0.2) is 0 Å². The molecule has 0 spiro atoms. The van der Waals surface area contributed by atoms with E-state index in [1.165, 1.54) is 17.3 Å². The van der Waals surface area contributed by atoms with Crippen LogP contribution in [0.2, 0.25) is 0 Å². The molecule has 0 aliphatic carbocycles. The predicted molar refractivity (Wildman–Crippen MR) is 83.9 cm³/mol. The molecule has 2 aromatic rings. The van der Waals surface area contributed by atoms with Gasteiger partial charge in [-0.15, -0.1) is 0 Å². The van der Waals surface area contributed by atoms with Gasteiger partial charge in [-0.2, -0.15) is 5.10 Å². The molecule has 2 rings (SSSR count). The minimum atomic E-state index is -0.170. The van der Waals surface area contributed by atoms with E-state index in [-0.39, 0.29) is 11.9 Å². The summed E-state index contributed by atoms with van der Waals surface area (Å²) >= 11 is 0. The lowest BCUT2D eigenvalue weighted by Gasteiger charge is -2.15. The van der Waals surface area contributed by atoms with Crippen LogP contribution in [0.1, 0.15) is 42.4 Å². The molecule has 4 heteroatoms. The van der Waals surface area contributed by atoms with Crippen LogP contribution in [0.5, 0.6) is 0 Å². The predicted octanol–water partition coefficient (Wildman–Crippen LogP) is 3.55. The number of hydrogen-bond donors (Lipinski definition) is 1. The molecular weight excluding hydrogens is 265 g/mol. The molecule has 0 bridgehead atoms. The van der Waals surface area contributed by atoms with E-state index in [4.69, 9.17) is 0 Å². The van der Waals surface area contributed by atoms with E-state index < -0.39 is 0 Å². The average Bonchev–Trinajstić information content (AvgIpc) is 2.73. The monoisotopic (exact) mass is 289 g/mol. The second-order valence-electron chi connectivity index (χ2n) is 5.46. The number of nitrogens with zero attached hydrogens (tertiary/aromatic N) is 2. The molecule has 1 atom stereocenters.